The number of likely N-dealkylation sites (N-methyl/N-ethyl adjacent to an activating group) is 1. The number of fused-ring (bicyclic) bond motifs is 2. The number of amides is 1. The van der Waals surface area contributed by atoms with Gasteiger partial charge in [-0.1, -0.05) is 6.92 Å². The van der Waals surface area contributed by atoms with Crippen molar-refractivity contribution in [1.29, 1.82) is 0 Å². The van der Waals surface area contributed by atoms with Gasteiger partial charge < -0.3 is 24.3 Å². The molecule has 4 aromatic rings. The number of hydrogen-bond acceptors (Lipinski definition) is 7. The Hall–Kier alpha value is -4.19. The molecule has 6 rings (SSSR count). The van der Waals surface area contributed by atoms with Crippen molar-refractivity contribution < 1.29 is 27.4 Å². The first-order chi connectivity index (χ1) is 20.6. The summed E-state index contributed by atoms with van der Waals surface area (Å²) in [4.78, 5) is 33.3. The van der Waals surface area contributed by atoms with Gasteiger partial charge in [-0.3, -0.25) is 9.78 Å². The maximum absolute atomic E-state index is 14.0. The van der Waals surface area contributed by atoms with Gasteiger partial charge in [-0.25, -0.2) is 9.97 Å². The summed E-state index contributed by atoms with van der Waals surface area (Å²) in [6.45, 7) is 5.96. The van der Waals surface area contributed by atoms with Crippen LogP contribution in [0.25, 0.3) is 11.0 Å². The molecule has 0 aliphatic carbocycles. The van der Waals surface area contributed by atoms with Crippen LogP contribution in [0.2, 0.25) is 0 Å². The van der Waals surface area contributed by atoms with E-state index in [1.807, 2.05) is 37.9 Å². The van der Waals surface area contributed by atoms with E-state index in [2.05, 4.69) is 19.9 Å². The summed E-state index contributed by atoms with van der Waals surface area (Å²) >= 11 is 0. The number of ether oxygens (including phenoxy) is 2. The SMILES string of the molecule is CC[C@@H]1CN(C(=O)Cc2cnc(O[C@H]3CCN(C)C3)c(C(F)(F)F)c2)Cc2cc(Oc3ccnc4[nH]c(C)cc34)cnc21. The molecule has 2 aliphatic heterocycles. The number of aryl methyl sites for hydroxylation is 1. The zero-order chi connectivity index (χ0) is 30.3. The molecule has 6 heterocycles. The van der Waals surface area contributed by atoms with Crippen molar-refractivity contribution in [3.05, 3.63) is 70.9 Å². The average Bonchev–Trinajstić information content (AvgIpc) is 3.56. The van der Waals surface area contributed by atoms with E-state index >= 15 is 0 Å². The predicted molar refractivity (Wildman–Crippen MR) is 153 cm³/mol. The highest BCUT2D eigenvalue weighted by atomic mass is 19.4. The van der Waals surface area contributed by atoms with Gasteiger partial charge in [-0.05, 0) is 62.2 Å². The van der Waals surface area contributed by atoms with E-state index in [1.165, 1.54) is 6.20 Å². The normalized spacial score (nSPS) is 19.1. The van der Waals surface area contributed by atoms with Crippen LogP contribution in [-0.2, 0) is 23.9 Å². The molecule has 2 atom stereocenters. The largest absolute Gasteiger partial charge is 0.473 e. The predicted octanol–water partition coefficient (Wildman–Crippen LogP) is 5.63. The molecule has 1 amide bonds. The van der Waals surface area contributed by atoms with E-state index in [1.54, 1.807) is 23.4 Å². The van der Waals surface area contributed by atoms with Crippen molar-refractivity contribution in [3.63, 3.8) is 0 Å². The van der Waals surface area contributed by atoms with Gasteiger partial charge in [0.25, 0.3) is 0 Å². The molecular formula is C31H33F3N6O3. The van der Waals surface area contributed by atoms with E-state index in [-0.39, 0.29) is 36.5 Å². The highest BCUT2D eigenvalue weighted by Gasteiger charge is 2.37. The molecule has 0 saturated carbocycles. The number of likely N-dealkylation sites (tertiary alicyclic amines) is 1. The molecule has 0 unspecified atom stereocenters. The Morgan fingerprint density at radius 3 is 2.72 bits per heavy atom. The van der Waals surface area contributed by atoms with Crippen molar-refractivity contribution in [2.24, 2.45) is 0 Å². The van der Waals surface area contributed by atoms with Crippen LogP contribution in [0.1, 0.15) is 53.8 Å². The number of aromatic nitrogens is 4. The Balaban J connectivity index is 1.20. The van der Waals surface area contributed by atoms with Gasteiger partial charge in [-0.2, -0.15) is 13.2 Å². The molecule has 0 radical (unpaired) electrons. The standard InChI is InChI=1S/C31H33F3N6O3/c1-4-20-15-40(16-21-12-23(14-36-28(20)21)42-26-5-7-35-29-24(26)9-18(2)38-29)27(41)11-19-10-25(31(32,33)34)30(37-13-19)43-22-6-8-39(3)17-22/h5,7,9-10,12-14,20,22H,4,6,8,11,15-17H2,1-3H3,(H,35,38)/t20-,22+/m1/s1. The first kappa shape index (κ1) is 28.9. The van der Waals surface area contributed by atoms with Gasteiger partial charge in [-0.15, -0.1) is 0 Å². The van der Waals surface area contributed by atoms with E-state index in [0.29, 0.717) is 31.0 Å². The number of hydrogen-bond donors (Lipinski definition) is 1. The number of carbonyl (C=O) groups excluding carboxylic acids is 1. The van der Waals surface area contributed by atoms with Crippen molar-refractivity contribution in [2.45, 2.75) is 57.9 Å². The fourth-order valence-electron chi connectivity index (χ4n) is 5.86. The quantitative estimate of drug-likeness (QED) is 0.296. The van der Waals surface area contributed by atoms with Gasteiger partial charge in [0.2, 0.25) is 11.8 Å². The van der Waals surface area contributed by atoms with Crippen LogP contribution < -0.4 is 9.47 Å². The Bertz CT molecular complexity index is 1660. The monoisotopic (exact) mass is 594 g/mol. The molecule has 0 spiro atoms. The number of pyridine rings is 3. The molecule has 0 aromatic carbocycles. The molecule has 9 nitrogen and oxygen atoms in total. The maximum Gasteiger partial charge on any atom is 0.421 e. The second kappa shape index (κ2) is 11.5. The number of aromatic amines is 1. The summed E-state index contributed by atoms with van der Waals surface area (Å²) in [7, 11) is 1.89. The Kier molecular flexibility index (Phi) is 7.72. The number of H-pyrrole nitrogens is 1. The minimum absolute atomic E-state index is 0.00844. The van der Waals surface area contributed by atoms with Crippen LogP contribution in [0.3, 0.4) is 0 Å². The average molecular weight is 595 g/mol. The van der Waals surface area contributed by atoms with Crippen molar-refractivity contribution in [3.8, 4) is 17.4 Å². The molecule has 1 N–H and O–H groups in total. The van der Waals surface area contributed by atoms with Crippen LogP contribution in [0, 0.1) is 6.92 Å². The van der Waals surface area contributed by atoms with Crippen LogP contribution in [0.5, 0.6) is 17.4 Å². The number of nitrogens with one attached hydrogen (secondary N) is 1. The third-order valence-corrected chi connectivity index (χ3v) is 8.06. The number of alkyl halides is 3. The lowest BCUT2D eigenvalue weighted by atomic mass is 9.92. The lowest BCUT2D eigenvalue weighted by molar-refractivity contribution is -0.140. The smallest absolute Gasteiger partial charge is 0.421 e. The van der Waals surface area contributed by atoms with E-state index in [9.17, 15) is 18.0 Å². The van der Waals surface area contributed by atoms with Crippen LogP contribution >= 0.6 is 0 Å². The molecule has 1 saturated heterocycles. The molecule has 43 heavy (non-hydrogen) atoms. The third kappa shape index (κ3) is 6.15. The van der Waals surface area contributed by atoms with E-state index < -0.39 is 17.6 Å². The van der Waals surface area contributed by atoms with Crippen LogP contribution in [-0.4, -0.2) is 68.4 Å². The topological polar surface area (TPSA) is 96.5 Å². The number of halogens is 3. The first-order valence-corrected chi connectivity index (χ1v) is 14.4. The number of rotatable bonds is 7. The molecule has 0 bridgehead atoms. The lowest BCUT2D eigenvalue weighted by Crippen LogP contribution is -2.39. The summed E-state index contributed by atoms with van der Waals surface area (Å²) in [6.07, 6.45) is 0.808. The lowest BCUT2D eigenvalue weighted by Gasteiger charge is -2.34. The van der Waals surface area contributed by atoms with E-state index in [4.69, 9.17) is 9.47 Å². The van der Waals surface area contributed by atoms with Crippen LogP contribution in [0.4, 0.5) is 13.2 Å². The van der Waals surface area contributed by atoms with Gasteiger partial charge >= 0.3 is 6.18 Å². The summed E-state index contributed by atoms with van der Waals surface area (Å²) in [5, 5.41) is 0.847. The summed E-state index contributed by atoms with van der Waals surface area (Å²) in [6, 6.07) is 6.61. The van der Waals surface area contributed by atoms with Gasteiger partial charge in [0.1, 0.15) is 28.8 Å². The minimum atomic E-state index is -4.66. The Labute approximate surface area is 247 Å². The summed E-state index contributed by atoms with van der Waals surface area (Å²) < 4.78 is 53.7. The fourth-order valence-corrected chi connectivity index (χ4v) is 5.86. The third-order valence-electron chi connectivity index (χ3n) is 8.06. The van der Waals surface area contributed by atoms with Crippen molar-refractivity contribution in [2.75, 3.05) is 26.7 Å². The zero-order valence-corrected chi connectivity index (χ0v) is 24.2. The fraction of sp³-hybridized carbons (Fsp3) is 0.419. The molecule has 2 aliphatic rings. The van der Waals surface area contributed by atoms with Crippen molar-refractivity contribution in [1.82, 2.24) is 29.7 Å². The second-order valence-electron chi connectivity index (χ2n) is 11.4. The maximum atomic E-state index is 14.0. The summed E-state index contributed by atoms with van der Waals surface area (Å²) in [5.41, 5.74) is 2.65. The van der Waals surface area contributed by atoms with Crippen LogP contribution in [0.15, 0.2) is 42.9 Å². The number of nitrogens with zero attached hydrogens (tertiary/aromatic N) is 5. The van der Waals surface area contributed by atoms with Crippen molar-refractivity contribution >= 4 is 16.9 Å². The second-order valence-corrected chi connectivity index (χ2v) is 11.4. The van der Waals surface area contributed by atoms with Gasteiger partial charge in [0, 0.05) is 50.2 Å². The Morgan fingerprint density at radius 1 is 1.14 bits per heavy atom. The zero-order valence-electron chi connectivity index (χ0n) is 24.2. The first-order valence-electron chi connectivity index (χ1n) is 14.4. The molecule has 1 fully saturated rings. The highest BCUT2D eigenvalue weighted by Crippen LogP contribution is 2.37. The molecule has 4 aromatic heterocycles. The number of carbonyl (C=O) groups is 1. The van der Waals surface area contributed by atoms with Gasteiger partial charge in [0.05, 0.1) is 23.7 Å². The Morgan fingerprint density at radius 2 is 1.98 bits per heavy atom. The highest BCUT2D eigenvalue weighted by molar-refractivity contribution is 5.83. The molecular weight excluding hydrogens is 561 g/mol. The summed E-state index contributed by atoms with van der Waals surface area (Å²) in [5.74, 6) is 0.423. The molecule has 226 valence electrons. The van der Waals surface area contributed by atoms with Gasteiger partial charge in [0.15, 0.2) is 0 Å². The molecule has 12 heteroatoms. The van der Waals surface area contributed by atoms with E-state index in [0.717, 1.165) is 47.0 Å². The minimum Gasteiger partial charge on any atom is -0.473 e.